The number of alkyl halides is 1. The van der Waals surface area contributed by atoms with Gasteiger partial charge in [0.2, 0.25) is 0 Å². The van der Waals surface area contributed by atoms with E-state index >= 15 is 0 Å². The number of carbonyl (C=O) groups excluding carboxylic acids is 1. The van der Waals surface area contributed by atoms with E-state index in [4.69, 9.17) is 4.74 Å². The molecule has 0 aromatic rings. The van der Waals surface area contributed by atoms with E-state index in [0.29, 0.717) is 11.8 Å². The van der Waals surface area contributed by atoms with Gasteiger partial charge in [-0.3, -0.25) is 4.79 Å². The van der Waals surface area contributed by atoms with Crippen molar-refractivity contribution in [3.8, 4) is 0 Å². The van der Waals surface area contributed by atoms with Crippen LogP contribution in [0.25, 0.3) is 0 Å². The fraction of sp³-hybridized carbons (Fsp3) is 0.500. The van der Waals surface area contributed by atoms with Gasteiger partial charge in [-0.2, -0.15) is 0 Å². The quantitative estimate of drug-likeness (QED) is 0.709. The van der Waals surface area contributed by atoms with Crippen LogP contribution in [0.5, 0.6) is 0 Å². The molecule has 2 nitrogen and oxygen atoms in total. The molecule has 13 heavy (non-hydrogen) atoms. The highest BCUT2D eigenvalue weighted by molar-refractivity contribution is 9.09. The van der Waals surface area contributed by atoms with Crippen molar-refractivity contribution < 1.29 is 9.53 Å². The fourth-order valence-corrected chi connectivity index (χ4v) is 1.62. The predicted molar refractivity (Wildman–Crippen MR) is 56.0 cm³/mol. The van der Waals surface area contributed by atoms with Crippen LogP contribution in [-0.4, -0.2) is 24.3 Å². The first kappa shape index (κ1) is 10.7. The third kappa shape index (κ3) is 3.08. The van der Waals surface area contributed by atoms with Crippen LogP contribution in [0.1, 0.15) is 6.42 Å². The molecule has 0 N–H and O–H groups in total. The molecule has 0 heterocycles. The average molecular weight is 245 g/mol. The lowest BCUT2D eigenvalue weighted by Crippen LogP contribution is -2.23. The summed E-state index contributed by atoms with van der Waals surface area (Å²) < 4.78 is 5.24. The van der Waals surface area contributed by atoms with E-state index in [0.717, 1.165) is 0 Å². The van der Waals surface area contributed by atoms with E-state index in [-0.39, 0.29) is 17.8 Å². The second-order valence-electron chi connectivity index (χ2n) is 3.01. The van der Waals surface area contributed by atoms with Crippen LogP contribution in [0.4, 0.5) is 0 Å². The van der Waals surface area contributed by atoms with Crippen LogP contribution in [0, 0.1) is 5.92 Å². The van der Waals surface area contributed by atoms with Crippen molar-refractivity contribution >= 4 is 21.7 Å². The first-order valence-corrected chi connectivity index (χ1v) is 5.35. The van der Waals surface area contributed by atoms with Crippen molar-refractivity contribution in [1.29, 1.82) is 0 Å². The van der Waals surface area contributed by atoms with Crippen LogP contribution in [0.2, 0.25) is 0 Å². The van der Waals surface area contributed by atoms with Crippen LogP contribution >= 0.6 is 15.9 Å². The topological polar surface area (TPSA) is 26.3 Å². The molecule has 0 amide bonds. The number of ether oxygens (including phenoxy) is 1. The van der Waals surface area contributed by atoms with Crippen LogP contribution in [0.3, 0.4) is 0 Å². The Hall–Kier alpha value is -0.410. The molecular weight excluding hydrogens is 232 g/mol. The second-order valence-corrected chi connectivity index (χ2v) is 3.57. The normalized spacial score (nSPS) is 26.3. The van der Waals surface area contributed by atoms with Gasteiger partial charge in [-0.05, 0) is 0 Å². The predicted octanol–water partition coefficient (Wildman–Crippen LogP) is 2.10. The maximum Gasteiger partial charge on any atom is 0.144 e. The zero-order valence-electron chi connectivity index (χ0n) is 7.57. The minimum atomic E-state index is 0.0491. The lowest BCUT2D eigenvalue weighted by Gasteiger charge is -2.21. The molecule has 0 fully saturated rings. The number of carbonyl (C=O) groups is 1. The summed E-state index contributed by atoms with van der Waals surface area (Å²) in [6.07, 6.45) is 8.50. The minimum Gasteiger partial charge on any atom is -0.377 e. The van der Waals surface area contributed by atoms with Gasteiger partial charge < -0.3 is 4.74 Å². The number of ketones is 1. The van der Waals surface area contributed by atoms with Gasteiger partial charge >= 0.3 is 0 Å². The largest absolute Gasteiger partial charge is 0.377 e. The van der Waals surface area contributed by atoms with Gasteiger partial charge in [0.1, 0.15) is 5.78 Å². The smallest absolute Gasteiger partial charge is 0.144 e. The van der Waals surface area contributed by atoms with Crippen molar-refractivity contribution in [2.24, 2.45) is 5.92 Å². The summed E-state index contributed by atoms with van der Waals surface area (Å²) >= 11 is 3.15. The zero-order chi connectivity index (χ0) is 9.68. The lowest BCUT2D eigenvalue weighted by molar-refractivity contribution is -0.117. The number of hydrogen-bond donors (Lipinski definition) is 0. The van der Waals surface area contributed by atoms with Crippen molar-refractivity contribution in [2.45, 2.75) is 12.5 Å². The van der Waals surface area contributed by atoms with Crippen molar-refractivity contribution in [3.63, 3.8) is 0 Å². The molecule has 0 aromatic carbocycles. The van der Waals surface area contributed by atoms with Crippen LogP contribution < -0.4 is 0 Å². The van der Waals surface area contributed by atoms with Gasteiger partial charge in [0, 0.05) is 19.4 Å². The van der Waals surface area contributed by atoms with Crippen molar-refractivity contribution in [1.82, 2.24) is 0 Å². The SMILES string of the molecule is COC1C=CC=CC1CC(=O)CBr. The van der Waals surface area contributed by atoms with E-state index in [2.05, 4.69) is 15.9 Å². The van der Waals surface area contributed by atoms with Crippen molar-refractivity contribution in [2.75, 3.05) is 12.4 Å². The minimum absolute atomic E-state index is 0.0491. The Bertz CT molecular complexity index is 233. The molecule has 0 bridgehead atoms. The molecule has 3 heteroatoms. The highest BCUT2D eigenvalue weighted by Gasteiger charge is 2.20. The molecule has 0 radical (unpaired) electrons. The van der Waals surface area contributed by atoms with E-state index in [9.17, 15) is 4.79 Å². The molecule has 1 aliphatic carbocycles. The van der Waals surface area contributed by atoms with Gasteiger partial charge in [-0.1, -0.05) is 40.2 Å². The Kier molecular flexibility index (Phi) is 4.39. The Balaban J connectivity index is 2.52. The van der Waals surface area contributed by atoms with Gasteiger partial charge in [0.15, 0.2) is 0 Å². The highest BCUT2D eigenvalue weighted by atomic mass is 79.9. The molecule has 0 aliphatic heterocycles. The number of methoxy groups -OCH3 is 1. The van der Waals surface area contributed by atoms with Crippen molar-refractivity contribution in [3.05, 3.63) is 24.3 Å². The molecule has 2 unspecified atom stereocenters. The van der Waals surface area contributed by atoms with E-state index in [1.165, 1.54) is 0 Å². The van der Waals surface area contributed by atoms with Crippen LogP contribution in [-0.2, 0) is 9.53 Å². The first-order chi connectivity index (χ1) is 6.27. The van der Waals surface area contributed by atoms with Gasteiger partial charge in [-0.15, -0.1) is 0 Å². The molecule has 1 aliphatic rings. The Labute approximate surface area is 86.8 Å². The number of rotatable bonds is 4. The van der Waals surface area contributed by atoms with E-state index in [1.807, 2.05) is 24.3 Å². The Morgan fingerprint density at radius 1 is 1.46 bits per heavy atom. The molecule has 0 saturated carbocycles. The molecule has 0 saturated heterocycles. The monoisotopic (exact) mass is 244 g/mol. The van der Waals surface area contributed by atoms with Gasteiger partial charge in [0.05, 0.1) is 11.4 Å². The molecular formula is C10H13BrO2. The molecule has 1 rings (SSSR count). The third-order valence-corrected chi connectivity index (χ3v) is 2.70. The van der Waals surface area contributed by atoms with Gasteiger partial charge in [-0.25, -0.2) is 0 Å². The maximum absolute atomic E-state index is 11.2. The summed E-state index contributed by atoms with van der Waals surface area (Å²) in [5, 5.41) is 0.428. The number of Topliss-reactive ketones (excluding diaryl/α,β-unsaturated/α-hetero) is 1. The summed E-state index contributed by atoms with van der Waals surface area (Å²) in [6, 6.07) is 0. The van der Waals surface area contributed by atoms with E-state index < -0.39 is 0 Å². The Morgan fingerprint density at radius 2 is 2.15 bits per heavy atom. The third-order valence-electron chi connectivity index (χ3n) is 2.08. The fourth-order valence-electron chi connectivity index (χ4n) is 1.39. The highest BCUT2D eigenvalue weighted by Crippen LogP contribution is 2.19. The lowest BCUT2D eigenvalue weighted by atomic mass is 9.93. The molecule has 0 spiro atoms. The van der Waals surface area contributed by atoms with E-state index in [1.54, 1.807) is 7.11 Å². The van der Waals surface area contributed by atoms with Gasteiger partial charge in [0.25, 0.3) is 0 Å². The molecule has 2 atom stereocenters. The number of hydrogen-bond acceptors (Lipinski definition) is 2. The summed E-state index contributed by atoms with van der Waals surface area (Å²) in [4.78, 5) is 11.2. The molecule has 0 aromatic heterocycles. The summed E-state index contributed by atoms with van der Waals surface area (Å²) in [6.45, 7) is 0. The number of halogens is 1. The second kappa shape index (κ2) is 5.35. The summed E-state index contributed by atoms with van der Waals surface area (Å²) in [5.74, 6) is 0.409. The first-order valence-electron chi connectivity index (χ1n) is 4.23. The number of allylic oxidation sites excluding steroid dienone is 2. The standard InChI is InChI=1S/C10H13BrO2/c1-13-10-5-3-2-4-8(10)6-9(12)7-11/h2-5,8,10H,6-7H2,1H3. The summed E-state index contributed by atoms with van der Waals surface area (Å²) in [7, 11) is 1.67. The zero-order valence-corrected chi connectivity index (χ0v) is 9.16. The maximum atomic E-state index is 11.2. The Morgan fingerprint density at radius 3 is 2.77 bits per heavy atom. The van der Waals surface area contributed by atoms with Crippen LogP contribution in [0.15, 0.2) is 24.3 Å². The average Bonchev–Trinajstić information content (AvgIpc) is 2.18. The summed E-state index contributed by atoms with van der Waals surface area (Å²) in [5.41, 5.74) is 0. The molecule has 72 valence electrons.